The molecule has 3 nitrogen and oxygen atoms in total. The van der Waals surface area contributed by atoms with E-state index >= 15 is 0 Å². The number of carbonyl (C=O) groups is 1. The highest BCUT2D eigenvalue weighted by Gasteiger charge is 2.42. The Morgan fingerprint density at radius 2 is 1.36 bits per heavy atom. The normalized spacial score (nSPS) is 21.0. The number of hydrogen-bond acceptors (Lipinski definition) is 3. The number of cyclic esters (lactones) is 1. The molecule has 25 heavy (non-hydrogen) atoms. The Balaban J connectivity index is 2.03. The Morgan fingerprint density at radius 1 is 0.840 bits per heavy atom. The predicted molar refractivity (Wildman–Crippen MR) is 105 cm³/mol. The highest BCUT2D eigenvalue weighted by molar-refractivity contribution is 5.78. The van der Waals surface area contributed by atoms with Crippen molar-refractivity contribution < 1.29 is 14.6 Å². The molecule has 3 atom stereocenters. The smallest absolute Gasteiger partial charge is 0.313 e. The molecule has 1 aliphatic rings. The first-order chi connectivity index (χ1) is 12.2. The molecular formula is C22H42O3. The molecule has 0 aromatic carbocycles. The van der Waals surface area contributed by atoms with Gasteiger partial charge in [0.2, 0.25) is 0 Å². The van der Waals surface area contributed by atoms with Crippen LogP contribution in [-0.4, -0.2) is 23.3 Å². The zero-order valence-electron chi connectivity index (χ0n) is 16.8. The second kappa shape index (κ2) is 14.6. The van der Waals surface area contributed by atoms with E-state index in [9.17, 15) is 9.90 Å². The van der Waals surface area contributed by atoms with Crippen LogP contribution < -0.4 is 0 Å². The van der Waals surface area contributed by atoms with Crippen LogP contribution in [0.15, 0.2) is 0 Å². The molecule has 0 aliphatic carbocycles. The number of carbonyl (C=O) groups excluding carboxylic acids is 1. The van der Waals surface area contributed by atoms with Crippen molar-refractivity contribution in [3.8, 4) is 0 Å². The monoisotopic (exact) mass is 354 g/mol. The van der Waals surface area contributed by atoms with Gasteiger partial charge in [0, 0.05) is 6.42 Å². The largest absolute Gasteiger partial charge is 0.461 e. The van der Waals surface area contributed by atoms with E-state index in [2.05, 4.69) is 13.8 Å². The van der Waals surface area contributed by atoms with Gasteiger partial charge >= 0.3 is 5.97 Å². The summed E-state index contributed by atoms with van der Waals surface area (Å²) in [5.74, 6) is 0.0107. The molecule has 0 radical (unpaired) electrons. The maximum Gasteiger partial charge on any atom is 0.313 e. The van der Waals surface area contributed by atoms with Crippen LogP contribution in [0.1, 0.15) is 117 Å². The van der Waals surface area contributed by atoms with Crippen molar-refractivity contribution in [1.82, 2.24) is 0 Å². The van der Waals surface area contributed by atoms with Crippen molar-refractivity contribution >= 4 is 5.97 Å². The lowest BCUT2D eigenvalue weighted by molar-refractivity contribution is -0.188. The topological polar surface area (TPSA) is 46.5 Å². The fraction of sp³-hybridized carbons (Fsp3) is 0.955. The average Bonchev–Trinajstić information content (AvgIpc) is 2.59. The Labute approximate surface area is 155 Å². The van der Waals surface area contributed by atoms with Gasteiger partial charge in [-0.1, -0.05) is 97.3 Å². The Morgan fingerprint density at radius 3 is 1.92 bits per heavy atom. The van der Waals surface area contributed by atoms with E-state index < -0.39 is 0 Å². The first-order valence-electron chi connectivity index (χ1n) is 11.1. The van der Waals surface area contributed by atoms with Crippen LogP contribution in [0.5, 0.6) is 0 Å². The first-order valence-corrected chi connectivity index (χ1v) is 11.1. The fourth-order valence-electron chi connectivity index (χ4n) is 3.78. The highest BCUT2D eigenvalue weighted by Crippen LogP contribution is 2.31. The van der Waals surface area contributed by atoms with Crippen molar-refractivity contribution in [3.63, 3.8) is 0 Å². The Kier molecular flexibility index (Phi) is 13.1. The summed E-state index contributed by atoms with van der Waals surface area (Å²) < 4.78 is 5.29. The summed E-state index contributed by atoms with van der Waals surface area (Å²) in [4.78, 5) is 11.7. The second-order valence-corrected chi connectivity index (χ2v) is 7.94. The van der Waals surface area contributed by atoms with Crippen LogP contribution in [0.25, 0.3) is 0 Å². The van der Waals surface area contributed by atoms with Gasteiger partial charge in [0.15, 0.2) is 0 Å². The third-order valence-corrected chi connectivity index (χ3v) is 5.53. The van der Waals surface area contributed by atoms with Crippen molar-refractivity contribution in [1.29, 1.82) is 0 Å². The SMILES string of the molecule is CCCCCCCCC[C@@H](O)C[C@@H]1OC(=O)[C@H]1CCCCCCCC. The number of aliphatic hydroxyl groups excluding tert-OH is 1. The third-order valence-electron chi connectivity index (χ3n) is 5.53. The molecule has 1 saturated heterocycles. The highest BCUT2D eigenvalue weighted by atomic mass is 16.6. The van der Waals surface area contributed by atoms with Gasteiger partial charge < -0.3 is 9.84 Å². The minimum absolute atomic E-state index is 0.0253. The number of ether oxygens (including phenoxy) is 1. The number of unbranched alkanes of at least 4 members (excludes halogenated alkanes) is 11. The van der Waals surface area contributed by atoms with E-state index in [1.54, 1.807) is 0 Å². The molecule has 0 unspecified atom stereocenters. The lowest BCUT2D eigenvalue weighted by Gasteiger charge is -2.36. The van der Waals surface area contributed by atoms with Crippen LogP contribution in [0.2, 0.25) is 0 Å². The zero-order chi connectivity index (χ0) is 18.3. The number of aliphatic hydroxyl groups is 1. The molecule has 0 amide bonds. The molecule has 0 spiro atoms. The van der Waals surface area contributed by atoms with Crippen molar-refractivity contribution in [2.75, 3.05) is 0 Å². The number of esters is 1. The van der Waals surface area contributed by atoms with Gasteiger partial charge in [0.05, 0.1) is 12.0 Å². The molecule has 1 N–H and O–H groups in total. The van der Waals surface area contributed by atoms with Gasteiger partial charge in [-0.15, -0.1) is 0 Å². The van der Waals surface area contributed by atoms with E-state index in [0.29, 0.717) is 6.42 Å². The molecule has 1 fully saturated rings. The lowest BCUT2D eigenvalue weighted by atomic mass is 9.86. The minimum atomic E-state index is -0.305. The van der Waals surface area contributed by atoms with Gasteiger partial charge in [-0.05, 0) is 12.8 Å². The molecule has 1 rings (SSSR count). The van der Waals surface area contributed by atoms with Gasteiger partial charge in [-0.25, -0.2) is 0 Å². The van der Waals surface area contributed by atoms with Gasteiger partial charge in [0.25, 0.3) is 0 Å². The van der Waals surface area contributed by atoms with Crippen LogP contribution in [0, 0.1) is 5.92 Å². The number of rotatable bonds is 17. The minimum Gasteiger partial charge on any atom is -0.461 e. The predicted octanol–water partition coefficient (Wildman–Crippen LogP) is 6.17. The zero-order valence-corrected chi connectivity index (χ0v) is 16.8. The summed E-state index contributed by atoms with van der Waals surface area (Å²) in [6.45, 7) is 4.47. The van der Waals surface area contributed by atoms with E-state index in [-0.39, 0.29) is 24.1 Å². The summed E-state index contributed by atoms with van der Waals surface area (Å²) in [7, 11) is 0. The number of hydrogen-bond donors (Lipinski definition) is 1. The molecule has 1 aliphatic heterocycles. The first kappa shape index (κ1) is 22.5. The summed E-state index contributed by atoms with van der Waals surface area (Å²) in [6, 6.07) is 0. The molecule has 0 aromatic rings. The van der Waals surface area contributed by atoms with Gasteiger partial charge in [0.1, 0.15) is 6.10 Å². The maximum absolute atomic E-state index is 11.7. The molecule has 148 valence electrons. The van der Waals surface area contributed by atoms with E-state index in [4.69, 9.17) is 4.74 Å². The molecular weight excluding hydrogens is 312 g/mol. The van der Waals surface area contributed by atoms with Crippen LogP contribution in [-0.2, 0) is 9.53 Å². The molecule has 3 heteroatoms. The average molecular weight is 355 g/mol. The summed E-state index contributed by atoms with van der Waals surface area (Å²) in [6.07, 6.45) is 18.5. The summed E-state index contributed by atoms with van der Waals surface area (Å²) >= 11 is 0. The lowest BCUT2D eigenvalue weighted by Crippen LogP contribution is -2.46. The van der Waals surface area contributed by atoms with Crippen molar-refractivity contribution in [2.24, 2.45) is 5.92 Å². The van der Waals surface area contributed by atoms with Crippen molar-refractivity contribution in [2.45, 2.75) is 129 Å². The quantitative estimate of drug-likeness (QED) is 0.251. The summed E-state index contributed by atoms with van der Waals surface area (Å²) in [5, 5.41) is 10.2. The Hall–Kier alpha value is -0.570. The van der Waals surface area contributed by atoms with Crippen LogP contribution in [0.3, 0.4) is 0 Å². The molecule has 0 saturated carbocycles. The molecule has 1 heterocycles. The third kappa shape index (κ3) is 10.2. The second-order valence-electron chi connectivity index (χ2n) is 7.94. The standard InChI is InChI=1S/C22H42O3/c1-3-5-7-9-11-12-14-16-19(23)18-21-20(22(24)25-21)17-15-13-10-8-6-4-2/h19-21,23H,3-18H2,1-2H3/t19-,20+,21+/m1/s1. The van der Waals surface area contributed by atoms with Crippen LogP contribution in [0.4, 0.5) is 0 Å². The van der Waals surface area contributed by atoms with Crippen LogP contribution >= 0.6 is 0 Å². The summed E-state index contributed by atoms with van der Waals surface area (Å²) in [5.41, 5.74) is 0. The van der Waals surface area contributed by atoms with E-state index in [1.165, 1.54) is 70.6 Å². The fourth-order valence-corrected chi connectivity index (χ4v) is 3.78. The molecule has 0 bridgehead atoms. The molecule has 0 aromatic heterocycles. The Bertz CT molecular complexity index is 329. The maximum atomic E-state index is 11.7. The van der Waals surface area contributed by atoms with E-state index in [0.717, 1.165) is 25.7 Å². The van der Waals surface area contributed by atoms with Gasteiger partial charge in [-0.3, -0.25) is 4.79 Å². The van der Waals surface area contributed by atoms with Gasteiger partial charge in [-0.2, -0.15) is 0 Å². The van der Waals surface area contributed by atoms with E-state index in [1.807, 2.05) is 0 Å². The van der Waals surface area contributed by atoms with Crippen molar-refractivity contribution in [3.05, 3.63) is 0 Å².